The Morgan fingerprint density at radius 2 is 1.40 bits per heavy atom. The van der Waals surface area contributed by atoms with Gasteiger partial charge in [-0.2, -0.15) is 4.39 Å². The largest absolute Gasteiger partial charge is 0.494 e. The van der Waals surface area contributed by atoms with Crippen molar-refractivity contribution >= 4 is 28.8 Å². The molecule has 8 nitrogen and oxygen atoms in total. The molecule has 1 aliphatic rings. The van der Waals surface area contributed by atoms with Crippen LogP contribution in [0.1, 0.15) is 47.2 Å². The zero-order valence-electron chi connectivity index (χ0n) is 25.3. The number of unbranched alkanes of at least 4 members (excludes halogenated alkanes) is 1. The Balaban J connectivity index is 1.26. The Morgan fingerprint density at radius 1 is 0.778 bits per heavy atom. The van der Waals surface area contributed by atoms with Gasteiger partial charge in [-0.3, -0.25) is 4.79 Å². The van der Waals surface area contributed by atoms with Crippen LogP contribution in [0.25, 0.3) is 11.1 Å². The fraction of sp³-hybridized carbons (Fsp3) is 0.286. The number of methoxy groups -OCH3 is 1. The number of carbonyl (C=O) groups excluding carboxylic acids is 3. The van der Waals surface area contributed by atoms with Gasteiger partial charge in [0.05, 0.1) is 25.4 Å². The summed E-state index contributed by atoms with van der Waals surface area (Å²) in [6, 6.07) is 18.9. The van der Waals surface area contributed by atoms with E-state index in [1.165, 1.54) is 18.9 Å². The number of ether oxygens (including phenoxy) is 5. The van der Waals surface area contributed by atoms with Crippen LogP contribution in [-0.2, 0) is 23.8 Å². The minimum atomic E-state index is -1.10. The number of hydrogen-bond donors (Lipinski definition) is 0. The predicted octanol–water partition coefficient (Wildman–Crippen LogP) is 7.06. The lowest BCUT2D eigenvalue weighted by atomic mass is 9.99. The molecule has 0 aliphatic heterocycles. The smallest absolute Gasteiger partial charge is 0.366 e. The molecule has 0 aromatic heterocycles. The van der Waals surface area contributed by atoms with Gasteiger partial charge in [0.1, 0.15) is 24.7 Å². The summed E-state index contributed by atoms with van der Waals surface area (Å²) in [4.78, 5) is 36.7. The number of fused-ring (bicyclic) bond motifs is 3. The summed E-state index contributed by atoms with van der Waals surface area (Å²) in [5, 5.41) is -0.0877. The molecule has 3 aromatic carbocycles. The summed E-state index contributed by atoms with van der Waals surface area (Å²) in [5.74, 6) is -1.24. The van der Waals surface area contributed by atoms with E-state index in [0.717, 1.165) is 32.9 Å². The third kappa shape index (κ3) is 9.06. The monoisotopic (exact) mass is 634 g/mol. The first-order chi connectivity index (χ1) is 21.7. The highest BCUT2D eigenvalue weighted by Crippen LogP contribution is 2.47. The average Bonchev–Trinajstić information content (AvgIpc) is 3.31. The van der Waals surface area contributed by atoms with Gasteiger partial charge in [0.25, 0.3) is 0 Å². The van der Waals surface area contributed by atoms with Crippen LogP contribution in [0.5, 0.6) is 11.5 Å². The van der Waals surface area contributed by atoms with Crippen LogP contribution >= 0.6 is 11.8 Å². The summed E-state index contributed by atoms with van der Waals surface area (Å²) in [7, 11) is 1.47. The number of thioether (sulfide) groups is 1. The summed E-state index contributed by atoms with van der Waals surface area (Å²) < 4.78 is 38.8. The van der Waals surface area contributed by atoms with Gasteiger partial charge >= 0.3 is 11.9 Å². The lowest BCUT2D eigenvalue weighted by molar-refractivity contribution is -0.141. The van der Waals surface area contributed by atoms with Crippen LogP contribution in [0.2, 0.25) is 0 Å². The van der Waals surface area contributed by atoms with E-state index in [1.54, 1.807) is 24.3 Å². The molecular formula is C35H35FO8S. The molecule has 4 rings (SSSR count). The van der Waals surface area contributed by atoms with Crippen LogP contribution in [0.3, 0.4) is 0 Å². The molecule has 0 saturated carbocycles. The Labute approximate surface area is 266 Å². The second-order valence-electron chi connectivity index (χ2n) is 10.3. The molecule has 0 heterocycles. The van der Waals surface area contributed by atoms with Crippen molar-refractivity contribution in [2.45, 2.75) is 30.6 Å². The maximum Gasteiger partial charge on any atom is 0.366 e. The number of rotatable bonds is 16. The van der Waals surface area contributed by atoms with Gasteiger partial charge in [0.15, 0.2) is 0 Å². The fourth-order valence-corrected chi connectivity index (χ4v) is 5.52. The summed E-state index contributed by atoms with van der Waals surface area (Å²) in [5.41, 5.74) is 5.34. The van der Waals surface area contributed by atoms with Crippen LogP contribution in [0, 0.1) is 0 Å². The maximum absolute atomic E-state index is 13.0. The van der Waals surface area contributed by atoms with Crippen molar-refractivity contribution in [3.63, 3.8) is 0 Å². The third-order valence-electron chi connectivity index (χ3n) is 7.02. The molecule has 10 heteroatoms. The number of esters is 2. The predicted molar refractivity (Wildman–Crippen MR) is 169 cm³/mol. The van der Waals surface area contributed by atoms with Gasteiger partial charge < -0.3 is 23.7 Å². The standard InChI is InChI=1S/C35H35FO8S/c1-22(21-40-4)33(37)44-18-17-42-26-9-7-25(8-10-26)35(39)45-28-12-14-30-29-13-11-27(19-31(29)23(2)32(30)20-28)41-15-5-6-16-43-34(38)24(3)36/h7-14,19-20,23H,1,3,5-6,15-18,21H2,2,4H3/t23-/m0/s1. The molecule has 0 radical (unpaired) electrons. The number of halogens is 1. The SMILES string of the molecule is C=C(F)C(=O)OCCCCOc1ccc2c(c1)[C@H](C)c1cc(SC(=O)c3ccc(OCCOC(=O)C(=C)COC)cc3)ccc1-2. The van der Waals surface area contributed by atoms with Crippen LogP contribution < -0.4 is 9.47 Å². The molecule has 1 aliphatic carbocycles. The van der Waals surface area contributed by atoms with Crippen LogP contribution in [0.4, 0.5) is 4.39 Å². The quantitative estimate of drug-likeness (QED) is 0.0710. The first-order valence-electron chi connectivity index (χ1n) is 14.4. The lowest BCUT2D eigenvalue weighted by Gasteiger charge is -2.11. The molecule has 236 valence electrons. The van der Waals surface area contributed by atoms with Crippen molar-refractivity contribution in [1.82, 2.24) is 0 Å². The van der Waals surface area contributed by atoms with Crippen molar-refractivity contribution in [1.29, 1.82) is 0 Å². The van der Waals surface area contributed by atoms with E-state index in [2.05, 4.69) is 32.2 Å². The molecule has 0 fully saturated rings. The molecule has 45 heavy (non-hydrogen) atoms. The normalized spacial score (nSPS) is 12.9. The van der Waals surface area contributed by atoms with E-state index in [0.29, 0.717) is 30.8 Å². The second-order valence-corrected chi connectivity index (χ2v) is 11.3. The summed E-state index contributed by atoms with van der Waals surface area (Å²) >= 11 is 1.17. The lowest BCUT2D eigenvalue weighted by Crippen LogP contribution is -2.15. The van der Waals surface area contributed by atoms with Crippen molar-refractivity contribution < 1.29 is 42.5 Å². The Hall–Kier alpha value is -4.41. The average molecular weight is 635 g/mol. The van der Waals surface area contributed by atoms with E-state index in [1.807, 2.05) is 24.3 Å². The molecule has 1 atom stereocenters. The maximum atomic E-state index is 13.0. The van der Waals surface area contributed by atoms with E-state index in [4.69, 9.17) is 23.7 Å². The molecule has 0 N–H and O–H groups in total. The van der Waals surface area contributed by atoms with Gasteiger partial charge in [0, 0.05) is 23.5 Å². The van der Waals surface area contributed by atoms with E-state index in [-0.39, 0.29) is 43.0 Å². The highest BCUT2D eigenvalue weighted by Gasteiger charge is 2.26. The van der Waals surface area contributed by atoms with Crippen molar-refractivity contribution in [3.8, 4) is 22.6 Å². The van der Waals surface area contributed by atoms with Gasteiger partial charge in [-0.25, -0.2) is 9.59 Å². The Kier molecular flexibility index (Phi) is 11.9. The first kappa shape index (κ1) is 33.5. The number of benzene rings is 3. The van der Waals surface area contributed by atoms with Crippen molar-refractivity contribution in [2.24, 2.45) is 0 Å². The van der Waals surface area contributed by atoms with Crippen molar-refractivity contribution in [3.05, 3.63) is 102 Å². The van der Waals surface area contributed by atoms with E-state index >= 15 is 0 Å². The van der Waals surface area contributed by atoms with Crippen LogP contribution in [-0.4, -0.2) is 57.2 Å². The molecule has 0 amide bonds. The third-order valence-corrected chi connectivity index (χ3v) is 7.94. The molecule has 0 unspecified atom stereocenters. The highest BCUT2D eigenvalue weighted by molar-refractivity contribution is 8.14. The molecular weight excluding hydrogens is 599 g/mol. The fourth-order valence-electron chi connectivity index (χ4n) is 4.73. The summed E-state index contributed by atoms with van der Waals surface area (Å²) in [6.07, 6.45) is 1.20. The Morgan fingerprint density at radius 3 is 2.11 bits per heavy atom. The Bertz CT molecular complexity index is 1570. The molecule has 0 bridgehead atoms. The topological polar surface area (TPSA) is 97.4 Å². The molecule has 0 saturated heterocycles. The number of hydrogen-bond acceptors (Lipinski definition) is 9. The second kappa shape index (κ2) is 16.1. The van der Waals surface area contributed by atoms with Gasteiger partial charge in [-0.15, -0.1) is 0 Å². The minimum Gasteiger partial charge on any atom is -0.494 e. The van der Waals surface area contributed by atoms with Gasteiger partial charge in [-0.1, -0.05) is 32.2 Å². The van der Waals surface area contributed by atoms with E-state index in [9.17, 15) is 18.8 Å². The zero-order chi connectivity index (χ0) is 32.3. The van der Waals surface area contributed by atoms with Gasteiger partial charge in [-0.05, 0) is 95.4 Å². The van der Waals surface area contributed by atoms with Gasteiger partial charge in [0.2, 0.25) is 10.9 Å². The minimum absolute atomic E-state index is 0.0632. The van der Waals surface area contributed by atoms with E-state index < -0.39 is 17.8 Å². The first-order valence-corrected chi connectivity index (χ1v) is 15.2. The molecule has 3 aromatic rings. The highest BCUT2D eigenvalue weighted by atomic mass is 32.2. The zero-order valence-corrected chi connectivity index (χ0v) is 26.1. The van der Waals surface area contributed by atoms with Crippen LogP contribution in [0.15, 0.2) is 90.1 Å². The molecule has 0 spiro atoms. The summed E-state index contributed by atoms with van der Waals surface area (Å²) in [6.45, 7) is 9.52. The number of carbonyl (C=O) groups is 3. The van der Waals surface area contributed by atoms with Crippen molar-refractivity contribution in [2.75, 3.05) is 40.1 Å².